The molecule has 0 saturated carbocycles. The fourth-order valence-electron chi connectivity index (χ4n) is 7.59. The fourth-order valence-corrected chi connectivity index (χ4v) is 8.57. The van der Waals surface area contributed by atoms with Crippen molar-refractivity contribution >= 4 is 23.7 Å². The van der Waals surface area contributed by atoms with Crippen molar-refractivity contribution in [2.45, 2.75) is 129 Å². The summed E-state index contributed by atoms with van der Waals surface area (Å²) >= 11 is 1.58. The molecule has 0 amide bonds. The first-order valence-electron chi connectivity index (χ1n) is 19.3. The van der Waals surface area contributed by atoms with Gasteiger partial charge in [-0.15, -0.1) is 11.8 Å². The van der Waals surface area contributed by atoms with Crippen molar-refractivity contribution in [1.29, 1.82) is 0 Å². The van der Waals surface area contributed by atoms with E-state index in [9.17, 15) is 9.59 Å². The van der Waals surface area contributed by atoms with E-state index in [1.54, 1.807) is 11.8 Å². The van der Waals surface area contributed by atoms with Crippen LogP contribution in [-0.4, -0.2) is 92.2 Å². The van der Waals surface area contributed by atoms with Gasteiger partial charge in [-0.1, -0.05) is 102 Å². The van der Waals surface area contributed by atoms with Gasteiger partial charge in [-0.25, -0.2) is 4.79 Å². The molecule has 300 valence electrons. The highest BCUT2D eigenvalue weighted by atomic mass is 32.2. The van der Waals surface area contributed by atoms with Crippen LogP contribution in [0, 0.1) is 29.6 Å². The van der Waals surface area contributed by atoms with E-state index in [0.717, 1.165) is 16.9 Å². The van der Waals surface area contributed by atoms with Crippen molar-refractivity contribution < 1.29 is 52.2 Å². The molecule has 54 heavy (non-hydrogen) atoms. The lowest BCUT2D eigenvalue weighted by molar-refractivity contribution is -0.346. The Morgan fingerprint density at radius 2 is 1.30 bits per heavy atom. The first-order chi connectivity index (χ1) is 25.9. The predicted molar refractivity (Wildman–Crippen MR) is 204 cm³/mol. The lowest BCUT2D eigenvalue weighted by atomic mass is 9.83. The average Bonchev–Trinajstić information content (AvgIpc) is 3.16. The Labute approximate surface area is 325 Å². The molecule has 11 nitrogen and oxygen atoms in total. The van der Waals surface area contributed by atoms with Crippen molar-refractivity contribution in [3.05, 3.63) is 71.8 Å². The van der Waals surface area contributed by atoms with Crippen LogP contribution >= 0.6 is 11.8 Å². The molecule has 3 fully saturated rings. The van der Waals surface area contributed by atoms with Gasteiger partial charge in [0.2, 0.25) is 0 Å². The Kier molecular flexibility index (Phi) is 15.8. The Balaban J connectivity index is 1.44. The molecule has 0 spiro atoms. The number of ether oxygens (including phenoxy) is 9. The van der Waals surface area contributed by atoms with Crippen LogP contribution in [0.15, 0.2) is 60.7 Å². The van der Waals surface area contributed by atoms with Gasteiger partial charge >= 0.3 is 11.9 Å². The second-order valence-corrected chi connectivity index (χ2v) is 16.4. The van der Waals surface area contributed by atoms with Crippen LogP contribution in [0.25, 0.3) is 0 Å². The Hall–Kier alpha value is -2.55. The van der Waals surface area contributed by atoms with Crippen molar-refractivity contribution in [3.8, 4) is 0 Å². The number of hydrogen-bond acceptors (Lipinski definition) is 12. The lowest BCUT2D eigenvalue weighted by Gasteiger charge is -2.50. The van der Waals surface area contributed by atoms with Crippen LogP contribution in [0.4, 0.5) is 0 Å². The van der Waals surface area contributed by atoms with Gasteiger partial charge in [0.15, 0.2) is 24.8 Å². The molecular weight excluding hydrogens is 713 g/mol. The van der Waals surface area contributed by atoms with E-state index in [0.29, 0.717) is 13.2 Å². The smallest absolute Gasteiger partial charge is 0.337 e. The molecule has 15 atom stereocenters. The molecule has 0 bridgehead atoms. The topological polar surface area (TPSA) is 117 Å². The van der Waals surface area contributed by atoms with Crippen LogP contribution in [0.5, 0.6) is 0 Å². The number of rotatable bonds is 15. The maximum atomic E-state index is 13.5. The monoisotopic (exact) mass is 772 g/mol. The summed E-state index contributed by atoms with van der Waals surface area (Å²) in [6, 6.07) is 20.1. The maximum absolute atomic E-state index is 13.5. The molecule has 0 aromatic heterocycles. The third kappa shape index (κ3) is 10.4. The van der Waals surface area contributed by atoms with Gasteiger partial charge < -0.3 is 42.6 Å². The molecule has 0 N–H and O–H groups in total. The minimum Gasteiger partial charge on any atom is -0.467 e. The van der Waals surface area contributed by atoms with Crippen LogP contribution in [-0.2, 0) is 65.4 Å². The average molecular weight is 773 g/mol. The normalized spacial score (nSPS) is 37.0. The van der Waals surface area contributed by atoms with Gasteiger partial charge in [-0.2, -0.15) is 0 Å². The van der Waals surface area contributed by atoms with Gasteiger partial charge in [-0.3, -0.25) is 4.79 Å². The number of hydrogen-bond donors (Lipinski definition) is 0. The Morgan fingerprint density at radius 1 is 0.685 bits per heavy atom. The third-order valence-electron chi connectivity index (χ3n) is 11.3. The van der Waals surface area contributed by atoms with E-state index >= 15 is 0 Å². The van der Waals surface area contributed by atoms with Crippen molar-refractivity contribution in [1.82, 2.24) is 0 Å². The first kappa shape index (κ1) is 42.6. The van der Waals surface area contributed by atoms with E-state index in [1.165, 1.54) is 14.0 Å². The van der Waals surface area contributed by atoms with Crippen LogP contribution in [0.2, 0.25) is 0 Å². The summed E-state index contributed by atoms with van der Waals surface area (Å²) in [7, 11) is 1.33. The van der Waals surface area contributed by atoms with E-state index in [-0.39, 0.29) is 48.4 Å². The largest absolute Gasteiger partial charge is 0.467 e. The van der Waals surface area contributed by atoms with E-state index in [4.69, 9.17) is 42.6 Å². The minimum absolute atomic E-state index is 0.00253. The summed E-state index contributed by atoms with van der Waals surface area (Å²) in [4.78, 5) is 25.8. The number of esters is 2. The molecule has 3 aliphatic heterocycles. The summed E-state index contributed by atoms with van der Waals surface area (Å²) in [6.07, 6.45) is -6.19. The molecule has 3 heterocycles. The van der Waals surface area contributed by atoms with Crippen molar-refractivity contribution in [3.63, 3.8) is 0 Å². The van der Waals surface area contributed by atoms with E-state index < -0.39 is 60.5 Å². The molecule has 3 saturated heterocycles. The number of carbonyl (C=O) groups excluding carboxylic acids is 2. The summed E-state index contributed by atoms with van der Waals surface area (Å²) in [5, 5.41) is 0. The highest BCUT2D eigenvalue weighted by Gasteiger charge is 2.54. The summed E-state index contributed by atoms with van der Waals surface area (Å²) in [5.74, 6) is -0.664. The summed E-state index contributed by atoms with van der Waals surface area (Å²) in [5.41, 5.74) is 1.73. The van der Waals surface area contributed by atoms with Crippen molar-refractivity contribution in [2.24, 2.45) is 29.6 Å². The zero-order valence-corrected chi connectivity index (χ0v) is 34.0. The summed E-state index contributed by atoms with van der Waals surface area (Å²) < 4.78 is 57.4. The van der Waals surface area contributed by atoms with Gasteiger partial charge in [-0.05, 0) is 35.6 Å². The maximum Gasteiger partial charge on any atom is 0.337 e. The molecule has 12 heteroatoms. The van der Waals surface area contributed by atoms with E-state index in [2.05, 4.69) is 20.8 Å². The molecule has 6 unspecified atom stereocenters. The van der Waals surface area contributed by atoms with Crippen LogP contribution < -0.4 is 0 Å². The molecule has 5 rings (SSSR count). The summed E-state index contributed by atoms with van der Waals surface area (Å²) in [6.45, 7) is 16.9. The molecule has 2 aromatic rings. The highest BCUT2D eigenvalue weighted by molar-refractivity contribution is 7.99. The fraction of sp³-hybridized carbons (Fsp3) is 0.667. The van der Waals surface area contributed by atoms with Gasteiger partial charge in [0.1, 0.15) is 17.6 Å². The minimum atomic E-state index is -1.14. The second kappa shape index (κ2) is 20.0. The number of thioether (sulfide) groups is 1. The quantitative estimate of drug-likeness (QED) is 0.178. The molecule has 0 radical (unpaired) electrons. The van der Waals surface area contributed by atoms with Crippen LogP contribution in [0.1, 0.15) is 66.5 Å². The van der Waals surface area contributed by atoms with Crippen molar-refractivity contribution in [2.75, 3.05) is 19.5 Å². The van der Waals surface area contributed by atoms with Gasteiger partial charge in [0.25, 0.3) is 0 Å². The zero-order chi connectivity index (χ0) is 38.9. The Bertz CT molecular complexity index is 1450. The zero-order valence-electron chi connectivity index (χ0n) is 33.2. The van der Waals surface area contributed by atoms with Gasteiger partial charge in [0, 0.05) is 24.7 Å². The molecular formula is C42H60O11S. The standard InChI is InChI=1S/C42H60O11S/c1-10-54-42-28(6)35(37(38(53-42)39(44)45-9)52-41-36(49-30(8)43)25(3)24(2)29(7)48-41)51-40-27(5)26(4)34(47-22-32-19-15-12-16-20-32)33(50-40)23-46-21-31-17-13-11-14-18-31/h11-20,24-29,33-38,40-42H,10,21-23H2,1-9H3/t24-,25?,26-,27?,28?,29+,33?,34-,35-,36?,37-,38?,40+,41+,42-/m1/s1. The number of benzene rings is 2. The highest BCUT2D eigenvalue weighted by Crippen LogP contribution is 2.42. The second-order valence-electron chi connectivity index (χ2n) is 15.0. The third-order valence-corrected chi connectivity index (χ3v) is 12.5. The molecule has 2 aromatic carbocycles. The lowest BCUT2D eigenvalue weighted by Crippen LogP contribution is -2.63. The van der Waals surface area contributed by atoms with Gasteiger partial charge in [0.05, 0.1) is 45.2 Å². The predicted octanol–water partition coefficient (Wildman–Crippen LogP) is 6.79. The SMILES string of the molecule is CCS[C@H]1OC(C(=O)OC)[C@H](O[C@@H]2O[C@@H](C)[C@H](C)C(C)C2OC(C)=O)[C@H](O[C@@H]2OC(COCc3ccccc3)[C@H](OCc3ccccc3)[C@H](C)C2C)C1C. The number of methoxy groups -OCH3 is 1. The molecule has 0 aliphatic carbocycles. The van der Waals surface area contributed by atoms with E-state index in [1.807, 2.05) is 88.4 Å². The molecule has 3 aliphatic rings. The Morgan fingerprint density at radius 3 is 1.91 bits per heavy atom. The first-order valence-corrected chi connectivity index (χ1v) is 20.4. The number of carbonyl (C=O) groups is 2. The van der Waals surface area contributed by atoms with Crippen LogP contribution in [0.3, 0.4) is 0 Å².